The molecule has 1 N–H and O–H groups in total. The molecule has 4 heteroatoms. The molecule has 0 radical (unpaired) electrons. The van der Waals surface area contributed by atoms with Crippen LogP contribution < -0.4 is 10.1 Å². The van der Waals surface area contributed by atoms with Gasteiger partial charge in [0, 0.05) is 17.7 Å². The third-order valence-corrected chi connectivity index (χ3v) is 5.62. The van der Waals surface area contributed by atoms with E-state index in [0.717, 1.165) is 42.2 Å². The van der Waals surface area contributed by atoms with Crippen LogP contribution in [0.1, 0.15) is 37.0 Å². The smallest absolute Gasteiger partial charge is 0.128 e. The van der Waals surface area contributed by atoms with Gasteiger partial charge in [-0.1, -0.05) is 56.3 Å². The van der Waals surface area contributed by atoms with Crippen molar-refractivity contribution in [2.75, 3.05) is 19.7 Å². The first kappa shape index (κ1) is 20.4. The third-order valence-electron chi connectivity index (χ3n) is 5.62. The lowest BCUT2D eigenvalue weighted by molar-refractivity contribution is 0.287. The number of aryl methyl sites for hydroxylation is 1. The number of amidine groups is 1. The molecule has 156 valence electrons. The van der Waals surface area contributed by atoms with E-state index in [4.69, 9.17) is 4.74 Å². The van der Waals surface area contributed by atoms with Crippen LogP contribution in [0.3, 0.4) is 0 Å². The summed E-state index contributed by atoms with van der Waals surface area (Å²) >= 11 is 0. The molecule has 3 nitrogen and oxygen atoms in total. The Morgan fingerprint density at radius 3 is 2.63 bits per heavy atom. The van der Waals surface area contributed by atoms with Crippen LogP contribution in [-0.4, -0.2) is 25.5 Å². The molecule has 0 atom stereocenters. The molecule has 0 spiro atoms. The lowest BCUT2D eigenvalue weighted by atomic mass is 9.95. The molecule has 0 aliphatic carbocycles. The van der Waals surface area contributed by atoms with E-state index in [-0.39, 0.29) is 5.82 Å². The Balaban J connectivity index is 1.65. The average Bonchev–Trinajstić information content (AvgIpc) is 3.28. The molecule has 0 unspecified atom stereocenters. The maximum atomic E-state index is 14.8. The van der Waals surface area contributed by atoms with Crippen molar-refractivity contribution in [1.29, 1.82) is 0 Å². The fourth-order valence-electron chi connectivity index (χ4n) is 3.98. The zero-order valence-electron chi connectivity index (χ0n) is 17.7. The van der Waals surface area contributed by atoms with Crippen LogP contribution in [0.25, 0.3) is 10.8 Å². The first-order chi connectivity index (χ1) is 14.6. The molecule has 0 bridgehead atoms. The molecule has 0 amide bonds. The monoisotopic (exact) mass is 404 g/mol. The van der Waals surface area contributed by atoms with E-state index in [1.807, 2.05) is 12.1 Å². The minimum atomic E-state index is -0.175. The normalized spacial score (nSPS) is 13.5. The Labute approximate surface area is 178 Å². The van der Waals surface area contributed by atoms with Gasteiger partial charge >= 0.3 is 0 Å². The van der Waals surface area contributed by atoms with Gasteiger partial charge in [0.2, 0.25) is 0 Å². The van der Waals surface area contributed by atoms with Crippen LogP contribution in [0.2, 0.25) is 0 Å². The number of benzene rings is 3. The fraction of sp³-hybridized carbons (Fsp3) is 0.346. The van der Waals surface area contributed by atoms with E-state index < -0.39 is 0 Å². The molecule has 1 heterocycles. The SMILES string of the molecule is CC(C)CCOc1ccc2ccccc2c1CCc1c(F)cccc1C1=NCCN1. The number of halogens is 1. The van der Waals surface area contributed by atoms with Gasteiger partial charge in [0.1, 0.15) is 17.4 Å². The van der Waals surface area contributed by atoms with Gasteiger partial charge in [-0.3, -0.25) is 4.99 Å². The van der Waals surface area contributed by atoms with Crippen molar-refractivity contribution >= 4 is 16.6 Å². The van der Waals surface area contributed by atoms with Crippen molar-refractivity contribution in [3.05, 3.63) is 77.1 Å². The summed E-state index contributed by atoms with van der Waals surface area (Å²) in [5.41, 5.74) is 2.73. The number of ether oxygens (including phenoxy) is 1. The van der Waals surface area contributed by atoms with Crippen molar-refractivity contribution in [2.24, 2.45) is 10.9 Å². The van der Waals surface area contributed by atoms with Gasteiger partial charge < -0.3 is 10.1 Å². The predicted octanol–water partition coefficient (Wildman–Crippen LogP) is 5.54. The summed E-state index contributed by atoms with van der Waals surface area (Å²) < 4.78 is 21.0. The van der Waals surface area contributed by atoms with Gasteiger partial charge in [0.05, 0.1) is 13.2 Å². The number of nitrogens with one attached hydrogen (secondary N) is 1. The Morgan fingerprint density at radius 2 is 1.83 bits per heavy atom. The van der Waals surface area contributed by atoms with E-state index in [1.165, 1.54) is 16.8 Å². The highest BCUT2D eigenvalue weighted by Crippen LogP contribution is 2.30. The van der Waals surface area contributed by atoms with Crippen LogP contribution in [0.5, 0.6) is 5.75 Å². The first-order valence-electron chi connectivity index (χ1n) is 10.8. The molecule has 3 aromatic rings. The number of aliphatic imine (C=N–C) groups is 1. The fourth-order valence-corrected chi connectivity index (χ4v) is 3.98. The summed E-state index contributed by atoms with van der Waals surface area (Å²) in [6.45, 7) is 6.63. The third kappa shape index (κ3) is 4.48. The molecule has 0 aromatic heterocycles. The van der Waals surface area contributed by atoms with Crippen LogP contribution in [0.15, 0.2) is 59.6 Å². The van der Waals surface area contributed by atoms with E-state index in [9.17, 15) is 4.39 Å². The summed E-state index contributed by atoms with van der Waals surface area (Å²) in [6, 6.07) is 17.8. The number of hydrogen-bond acceptors (Lipinski definition) is 3. The minimum Gasteiger partial charge on any atom is -0.493 e. The van der Waals surface area contributed by atoms with Crippen LogP contribution in [0, 0.1) is 11.7 Å². The summed E-state index contributed by atoms with van der Waals surface area (Å²) in [7, 11) is 0. The number of rotatable bonds is 8. The molecule has 0 saturated heterocycles. The van der Waals surface area contributed by atoms with E-state index in [2.05, 4.69) is 54.5 Å². The Kier molecular flexibility index (Phi) is 6.32. The summed E-state index contributed by atoms with van der Waals surface area (Å²) in [6.07, 6.45) is 2.31. The molecule has 1 aliphatic rings. The van der Waals surface area contributed by atoms with E-state index in [0.29, 0.717) is 30.9 Å². The van der Waals surface area contributed by atoms with Crippen LogP contribution in [0.4, 0.5) is 4.39 Å². The van der Waals surface area contributed by atoms with E-state index >= 15 is 0 Å². The maximum absolute atomic E-state index is 14.8. The van der Waals surface area contributed by atoms with Crippen molar-refractivity contribution in [3.63, 3.8) is 0 Å². The van der Waals surface area contributed by atoms with Gasteiger partial charge in [0.15, 0.2) is 0 Å². The lowest BCUT2D eigenvalue weighted by Crippen LogP contribution is -2.21. The average molecular weight is 405 g/mol. The Bertz CT molecular complexity index is 1060. The zero-order chi connectivity index (χ0) is 20.9. The second kappa shape index (κ2) is 9.29. The molecule has 1 aliphatic heterocycles. The largest absolute Gasteiger partial charge is 0.493 e. The topological polar surface area (TPSA) is 33.6 Å². The summed E-state index contributed by atoms with van der Waals surface area (Å²) in [4.78, 5) is 4.50. The predicted molar refractivity (Wildman–Crippen MR) is 122 cm³/mol. The van der Waals surface area contributed by atoms with Gasteiger partial charge in [-0.15, -0.1) is 0 Å². The molecule has 30 heavy (non-hydrogen) atoms. The second-order valence-corrected chi connectivity index (χ2v) is 8.22. The second-order valence-electron chi connectivity index (χ2n) is 8.22. The Hall–Kier alpha value is -2.88. The van der Waals surface area contributed by atoms with Gasteiger partial charge in [-0.25, -0.2) is 4.39 Å². The highest BCUT2D eigenvalue weighted by molar-refractivity contribution is 6.01. The van der Waals surface area contributed by atoms with Crippen molar-refractivity contribution in [1.82, 2.24) is 5.32 Å². The van der Waals surface area contributed by atoms with Crippen LogP contribution in [-0.2, 0) is 12.8 Å². The van der Waals surface area contributed by atoms with Crippen molar-refractivity contribution in [2.45, 2.75) is 33.1 Å². The van der Waals surface area contributed by atoms with Crippen molar-refractivity contribution < 1.29 is 9.13 Å². The lowest BCUT2D eigenvalue weighted by Gasteiger charge is -2.17. The standard InChI is InChI=1S/C26H29FN2O/c1-18(2)14-17-30-25-13-10-19-6-3-4-7-20(19)22(25)12-11-21-23(8-5-9-24(21)27)26-28-15-16-29-26/h3-10,13,18H,11-12,14-17H2,1-2H3,(H,28,29). The van der Waals surface area contributed by atoms with Crippen molar-refractivity contribution in [3.8, 4) is 5.75 Å². The molecule has 3 aromatic carbocycles. The van der Waals surface area contributed by atoms with Crippen LogP contribution >= 0.6 is 0 Å². The van der Waals surface area contributed by atoms with Gasteiger partial charge in [-0.05, 0) is 53.6 Å². The first-order valence-corrected chi connectivity index (χ1v) is 10.8. The highest BCUT2D eigenvalue weighted by atomic mass is 19.1. The number of fused-ring (bicyclic) bond motifs is 1. The molecular formula is C26H29FN2O. The maximum Gasteiger partial charge on any atom is 0.128 e. The van der Waals surface area contributed by atoms with Gasteiger partial charge in [0.25, 0.3) is 0 Å². The minimum absolute atomic E-state index is 0.175. The number of hydrogen-bond donors (Lipinski definition) is 1. The summed E-state index contributed by atoms with van der Waals surface area (Å²) in [5.74, 6) is 2.13. The molecule has 0 fully saturated rings. The molecular weight excluding hydrogens is 375 g/mol. The Morgan fingerprint density at radius 1 is 1.00 bits per heavy atom. The molecule has 0 saturated carbocycles. The van der Waals surface area contributed by atoms with E-state index in [1.54, 1.807) is 6.07 Å². The highest BCUT2D eigenvalue weighted by Gasteiger charge is 2.17. The molecule has 4 rings (SSSR count). The quantitative estimate of drug-likeness (QED) is 0.535. The zero-order valence-corrected chi connectivity index (χ0v) is 17.7. The number of nitrogens with zero attached hydrogens (tertiary/aromatic N) is 1. The summed E-state index contributed by atoms with van der Waals surface area (Å²) in [5, 5.41) is 5.63. The van der Waals surface area contributed by atoms with Gasteiger partial charge in [-0.2, -0.15) is 0 Å².